The summed E-state index contributed by atoms with van der Waals surface area (Å²) in [5.41, 5.74) is 5.92. The normalized spacial score (nSPS) is 39.2. The molecule has 4 fully saturated rings. The molecule has 5 heteroatoms. The van der Waals surface area contributed by atoms with Crippen molar-refractivity contribution in [2.24, 2.45) is 23.5 Å². The number of aliphatic hydroxyl groups excluding tert-OH is 1. The van der Waals surface area contributed by atoms with E-state index in [1.54, 1.807) is 0 Å². The molecule has 0 aromatic carbocycles. The molecule has 1 atom stereocenters. The summed E-state index contributed by atoms with van der Waals surface area (Å²) in [6, 6.07) is -0.209. The molecular formula is C15H27ClN2O2. The Balaban J connectivity index is 0.00000147. The molecule has 4 nitrogen and oxygen atoms in total. The second-order valence-electron chi connectivity index (χ2n) is 7.22. The second kappa shape index (κ2) is 6.20. The van der Waals surface area contributed by atoms with Gasteiger partial charge in [0.15, 0.2) is 0 Å². The molecule has 4 rings (SSSR count). The molecule has 1 unspecified atom stereocenters. The summed E-state index contributed by atoms with van der Waals surface area (Å²) in [6.07, 6.45) is 8.56. The molecule has 0 aromatic heterocycles. The Morgan fingerprint density at radius 2 is 1.70 bits per heavy atom. The third-order valence-corrected chi connectivity index (χ3v) is 5.39. The van der Waals surface area contributed by atoms with Gasteiger partial charge in [-0.05, 0) is 62.7 Å². The summed E-state index contributed by atoms with van der Waals surface area (Å²) in [5.74, 6) is 2.62. The lowest BCUT2D eigenvalue weighted by Gasteiger charge is -2.57. The summed E-state index contributed by atoms with van der Waals surface area (Å²) in [6.45, 7) is 0.0613. The fourth-order valence-corrected chi connectivity index (χ4v) is 5.12. The molecule has 0 heterocycles. The number of nitrogens with two attached hydrogens (primary N) is 1. The Morgan fingerprint density at radius 3 is 2.15 bits per heavy atom. The van der Waals surface area contributed by atoms with E-state index in [0.717, 1.165) is 17.8 Å². The molecule has 1 amide bonds. The van der Waals surface area contributed by atoms with E-state index in [0.29, 0.717) is 12.8 Å². The van der Waals surface area contributed by atoms with Crippen LogP contribution in [0.4, 0.5) is 0 Å². The van der Waals surface area contributed by atoms with Crippen molar-refractivity contribution in [3.63, 3.8) is 0 Å². The van der Waals surface area contributed by atoms with Crippen molar-refractivity contribution < 1.29 is 9.90 Å². The van der Waals surface area contributed by atoms with E-state index >= 15 is 0 Å². The third kappa shape index (κ3) is 3.29. The number of halogens is 1. The zero-order chi connectivity index (χ0) is 13.5. The lowest BCUT2D eigenvalue weighted by Crippen LogP contribution is -2.60. The van der Waals surface area contributed by atoms with Crippen molar-refractivity contribution in [3.05, 3.63) is 0 Å². The van der Waals surface area contributed by atoms with E-state index < -0.39 is 0 Å². The average Bonchev–Trinajstić information content (AvgIpc) is 2.25. The first kappa shape index (κ1) is 16.1. The predicted molar refractivity (Wildman–Crippen MR) is 80.6 cm³/mol. The molecular weight excluding hydrogens is 276 g/mol. The van der Waals surface area contributed by atoms with Gasteiger partial charge >= 0.3 is 0 Å². The second-order valence-corrected chi connectivity index (χ2v) is 7.22. The van der Waals surface area contributed by atoms with E-state index in [1.165, 1.54) is 38.5 Å². The highest BCUT2D eigenvalue weighted by Gasteiger charge is 2.51. The topological polar surface area (TPSA) is 75.3 Å². The molecule has 0 spiro atoms. The number of carbonyl (C=O) groups is 1. The van der Waals surface area contributed by atoms with Crippen molar-refractivity contribution in [2.75, 3.05) is 6.61 Å². The monoisotopic (exact) mass is 302 g/mol. The maximum Gasteiger partial charge on any atom is 0.221 e. The van der Waals surface area contributed by atoms with Gasteiger partial charge in [0.25, 0.3) is 0 Å². The zero-order valence-corrected chi connectivity index (χ0v) is 12.8. The first-order valence-electron chi connectivity index (χ1n) is 7.76. The standard InChI is InChI=1S/C15H26N2O2.ClH/c16-13(1-2-18)6-14(19)17-15-7-10-3-11(8-15)5-12(4-10)9-15;/h10-13,18H,1-9,16H2,(H,17,19);1H. The van der Waals surface area contributed by atoms with Gasteiger partial charge < -0.3 is 16.2 Å². The van der Waals surface area contributed by atoms with Crippen LogP contribution in [0.1, 0.15) is 51.4 Å². The fraction of sp³-hybridized carbons (Fsp3) is 0.933. The van der Waals surface area contributed by atoms with E-state index in [2.05, 4.69) is 5.32 Å². The highest BCUT2D eigenvalue weighted by atomic mass is 35.5. The van der Waals surface area contributed by atoms with Gasteiger partial charge in [-0.1, -0.05) is 0 Å². The Kier molecular flexibility index (Phi) is 4.98. The molecule has 0 aliphatic heterocycles. The maximum absolute atomic E-state index is 12.1. The smallest absolute Gasteiger partial charge is 0.221 e. The van der Waals surface area contributed by atoms with Gasteiger partial charge in [0.1, 0.15) is 0 Å². The predicted octanol–water partition coefficient (Wildman–Crippen LogP) is 1.59. The van der Waals surface area contributed by atoms with E-state index in [-0.39, 0.29) is 36.5 Å². The first-order chi connectivity index (χ1) is 9.08. The molecule has 0 aromatic rings. The van der Waals surface area contributed by atoms with Gasteiger partial charge in [0.2, 0.25) is 5.91 Å². The van der Waals surface area contributed by atoms with Crippen LogP contribution in [0.5, 0.6) is 0 Å². The van der Waals surface area contributed by atoms with Crippen LogP contribution in [0.25, 0.3) is 0 Å². The summed E-state index contributed by atoms with van der Waals surface area (Å²) in [7, 11) is 0. The molecule has 0 saturated heterocycles. The van der Waals surface area contributed by atoms with Gasteiger partial charge in [-0.2, -0.15) is 0 Å². The third-order valence-electron chi connectivity index (χ3n) is 5.39. The maximum atomic E-state index is 12.1. The highest BCUT2D eigenvalue weighted by molar-refractivity contribution is 5.85. The van der Waals surface area contributed by atoms with Gasteiger partial charge in [-0.3, -0.25) is 4.79 Å². The summed E-state index contributed by atoms with van der Waals surface area (Å²) >= 11 is 0. The molecule has 0 radical (unpaired) electrons. The van der Waals surface area contributed by atoms with Crippen molar-refractivity contribution in [2.45, 2.75) is 62.9 Å². The Hall–Kier alpha value is -0.320. The van der Waals surface area contributed by atoms with Crippen molar-refractivity contribution in [1.82, 2.24) is 5.32 Å². The summed E-state index contributed by atoms with van der Waals surface area (Å²) in [5, 5.41) is 12.2. The van der Waals surface area contributed by atoms with Gasteiger partial charge in [-0.15, -0.1) is 12.4 Å². The van der Waals surface area contributed by atoms with Crippen LogP contribution in [0.2, 0.25) is 0 Å². The molecule has 4 aliphatic carbocycles. The van der Waals surface area contributed by atoms with E-state index in [9.17, 15) is 4.79 Å². The number of hydrogen-bond donors (Lipinski definition) is 3. The Bertz CT molecular complexity index is 326. The molecule has 4 saturated carbocycles. The molecule has 4 N–H and O–H groups in total. The minimum Gasteiger partial charge on any atom is -0.396 e. The number of rotatable bonds is 5. The van der Waals surface area contributed by atoms with Gasteiger partial charge in [0.05, 0.1) is 0 Å². The van der Waals surface area contributed by atoms with E-state index in [1.807, 2.05) is 0 Å². The lowest BCUT2D eigenvalue weighted by atomic mass is 9.53. The Labute approximate surface area is 127 Å². The van der Waals surface area contributed by atoms with Gasteiger partial charge in [0, 0.05) is 24.6 Å². The van der Waals surface area contributed by atoms with Gasteiger partial charge in [-0.25, -0.2) is 0 Å². The van der Waals surface area contributed by atoms with Crippen LogP contribution < -0.4 is 11.1 Å². The molecule has 4 aliphatic rings. The molecule has 20 heavy (non-hydrogen) atoms. The SMILES string of the molecule is Cl.NC(CCO)CC(=O)NC12CC3CC(CC(C3)C1)C2. The van der Waals surface area contributed by atoms with Crippen LogP contribution in [-0.2, 0) is 4.79 Å². The minimum absolute atomic E-state index is 0. The zero-order valence-electron chi connectivity index (χ0n) is 12.0. The van der Waals surface area contributed by atoms with Crippen LogP contribution >= 0.6 is 12.4 Å². The molecule has 116 valence electrons. The minimum atomic E-state index is -0.209. The number of nitrogens with one attached hydrogen (secondary N) is 1. The number of amides is 1. The fourth-order valence-electron chi connectivity index (χ4n) is 5.12. The lowest BCUT2D eigenvalue weighted by molar-refractivity contribution is -0.127. The number of aliphatic hydroxyl groups is 1. The van der Waals surface area contributed by atoms with Crippen molar-refractivity contribution in [1.29, 1.82) is 0 Å². The van der Waals surface area contributed by atoms with Crippen LogP contribution in [0, 0.1) is 17.8 Å². The van der Waals surface area contributed by atoms with Crippen molar-refractivity contribution in [3.8, 4) is 0 Å². The summed E-state index contributed by atoms with van der Waals surface area (Å²) in [4.78, 5) is 12.1. The number of carbonyl (C=O) groups excluding carboxylic acids is 1. The average molecular weight is 303 g/mol. The van der Waals surface area contributed by atoms with Crippen LogP contribution in [-0.4, -0.2) is 29.2 Å². The van der Waals surface area contributed by atoms with Crippen molar-refractivity contribution >= 4 is 18.3 Å². The van der Waals surface area contributed by atoms with Crippen LogP contribution in [0.15, 0.2) is 0 Å². The molecule has 4 bridgehead atoms. The Morgan fingerprint density at radius 1 is 1.20 bits per heavy atom. The largest absolute Gasteiger partial charge is 0.396 e. The summed E-state index contributed by atoms with van der Waals surface area (Å²) < 4.78 is 0. The quantitative estimate of drug-likeness (QED) is 0.722. The highest BCUT2D eigenvalue weighted by Crippen LogP contribution is 2.55. The van der Waals surface area contributed by atoms with Crippen LogP contribution in [0.3, 0.4) is 0 Å². The number of hydrogen-bond acceptors (Lipinski definition) is 3. The van der Waals surface area contributed by atoms with E-state index in [4.69, 9.17) is 10.8 Å². The first-order valence-corrected chi connectivity index (χ1v) is 7.76.